The maximum Gasteiger partial charge on any atom is 0.0297 e. The topological polar surface area (TPSA) is 0 Å². The van der Waals surface area contributed by atoms with E-state index in [1.54, 1.807) is 64.2 Å². The highest BCUT2D eigenvalue weighted by Crippen LogP contribution is 2.58. The van der Waals surface area contributed by atoms with Crippen molar-refractivity contribution in [2.24, 2.45) is 105 Å². The third kappa shape index (κ3) is 33.9. The number of hydrogen-bond donors (Lipinski definition) is 0. The molecular formula is C73H146. The minimum absolute atomic E-state index is 0.208. The molecule has 0 aromatic carbocycles. The van der Waals surface area contributed by atoms with Gasteiger partial charge in [-0.3, -0.25) is 0 Å². The third-order valence-electron chi connectivity index (χ3n) is 19.0. The molecular weight excluding hydrogens is 877 g/mol. The van der Waals surface area contributed by atoms with Crippen molar-refractivity contribution in [1.82, 2.24) is 0 Å². The zero-order valence-corrected chi connectivity index (χ0v) is 49.4. The molecule has 0 aliphatic heterocycles. The van der Waals surface area contributed by atoms with Crippen molar-refractivity contribution in [2.75, 3.05) is 0 Å². The maximum absolute atomic E-state index is 7.39. The summed E-state index contributed by atoms with van der Waals surface area (Å²) >= 11 is 0. The maximum atomic E-state index is 7.39. The largest absolute Gasteiger partial charge is 0.0651 e. The molecule has 12 fully saturated rings. The Morgan fingerprint density at radius 3 is 0.932 bits per heavy atom. The molecule has 0 nitrogen and oxygen atoms in total. The summed E-state index contributed by atoms with van der Waals surface area (Å²) in [4.78, 5) is 0. The van der Waals surface area contributed by atoms with Gasteiger partial charge in [-0.25, -0.2) is 0 Å². The first kappa shape index (κ1) is 31.9. The van der Waals surface area contributed by atoms with Gasteiger partial charge in [0.1, 0.15) is 0 Å². The zero-order chi connectivity index (χ0) is 85.4. The minimum atomic E-state index is -3.48. The molecule has 12 aliphatic carbocycles. The van der Waals surface area contributed by atoms with Crippen LogP contribution in [-0.4, -0.2) is 0 Å². The van der Waals surface area contributed by atoms with Crippen LogP contribution in [0.5, 0.6) is 0 Å². The average molecular weight is 1060 g/mol. The summed E-state index contributed by atoms with van der Waals surface area (Å²) in [5.41, 5.74) is -6.06. The molecule has 0 N–H and O–H groups in total. The van der Waals surface area contributed by atoms with Crippen LogP contribution in [0.1, 0.15) is 412 Å². The summed E-state index contributed by atoms with van der Waals surface area (Å²) in [6.07, 6.45) is 41.0. The molecule has 438 valence electrons. The fourth-order valence-corrected chi connectivity index (χ4v) is 14.4. The Balaban J connectivity index is 0.000000613. The Morgan fingerprint density at radius 1 is 0.411 bits per heavy atom. The van der Waals surface area contributed by atoms with Crippen LogP contribution >= 0.6 is 0 Å². The molecule has 0 aromatic rings. The molecule has 0 unspecified atom stereocenters. The van der Waals surface area contributed by atoms with Gasteiger partial charge in [0.2, 0.25) is 0 Å². The smallest absolute Gasteiger partial charge is 0.0297 e. The lowest BCUT2D eigenvalue weighted by atomic mass is 9.51. The van der Waals surface area contributed by atoms with Gasteiger partial charge in [0.05, 0.1) is 0 Å². The first-order valence-corrected chi connectivity index (χ1v) is 31.0. The summed E-state index contributed by atoms with van der Waals surface area (Å²) in [6, 6.07) is 0. The second kappa shape index (κ2) is 40.2. The molecule has 0 spiro atoms. The molecule has 0 radical (unpaired) electrons. The predicted octanol–water partition coefficient (Wildman–Crippen LogP) is 25.9. The van der Waals surface area contributed by atoms with Crippen LogP contribution in [0.3, 0.4) is 0 Å². The molecule has 0 saturated heterocycles. The summed E-state index contributed by atoms with van der Waals surface area (Å²) in [5.74, 6) is 10.3. The molecule has 8 bridgehead atoms. The summed E-state index contributed by atoms with van der Waals surface area (Å²) in [5, 5.41) is 0. The van der Waals surface area contributed by atoms with Gasteiger partial charge in [-0.15, -0.1) is 0 Å². The van der Waals surface area contributed by atoms with E-state index in [9.17, 15) is 0 Å². The van der Waals surface area contributed by atoms with Crippen LogP contribution in [0.15, 0.2) is 0 Å². The van der Waals surface area contributed by atoms with Crippen molar-refractivity contribution in [2.45, 2.75) is 362 Å². The minimum Gasteiger partial charge on any atom is -0.0651 e. The molecule has 12 rings (SSSR count). The zero-order valence-electron chi connectivity index (χ0n) is 85.4. The normalized spacial score (nSPS) is 40.7. The van der Waals surface area contributed by atoms with Crippen molar-refractivity contribution in [1.29, 1.82) is 0 Å². The second-order valence-corrected chi connectivity index (χ2v) is 25.1. The van der Waals surface area contributed by atoms with Gasteiger partial charge in [0.25, 0.3) is 0 Å². The van der Waals surface area contributed by atoms with E-state index in [1.807, 2.05) is 0 Å². The Hall–Kier alpha value is 0. The first-order valence-electron chi connectivity index (χ1n) is 49.0. The first-order chi connectivity index (χ1) is 49.0. The molecule has 12 saturated carbocycles. The van der Waals surface area contributed by atoms with E-state index in [1.165, 1.54) is 149 Å². The Kier molecular flexibility index (Phi) is 17.5. The molecule has 0 heteroatoms. The fourth-order valence-electron chi connectivity index (χ4n) is 14.4. The Bertz CT molecular complexity index is 2280. The van der Waals surface area contributed by atoms with Crippen molar-refractivity contribution in [3.05, 3.63) is 0 Å². The van der Waals surface area contributed by atoms with Crippen LogP contribution in [0, 0.1) is 105 Å². The molecule has 12 aliphatic rings. The van der Waals surface area contributed by atoms with Crippen molar-refractivity contribution >= 4 is 0 Å². The number of hydrogen-bond acceptors (Lipinski definition) is 0. The Morgan fingerprint density at radius 2 is 0.753 bits per heavy atom. The lowest BCUT2D eigenvalue weighted by molar-refractivity contribution is -0.0376. The summed E-state index contributed by atoms with van der Waals surface area (Å²) in [6.45, 7) is -13.1. The van der Waals surface area contributed by atoms with Gasteiger partial charge in [0, 0.05) is 49.3 Å². The molecule has 0 amide bonds. The standard InChI is InChI=1S/C12H20.C11H18.C8H16.2C7H14.C6H12.2C6H14.2C5H12/c1-2-12-10-4-8-3-9(6-10)7-11(12)5-8;1-7-10-3-8-2-9(5-10)6-11(7)4-8;1-2-8-6-4-3-5-7-8;1-7-5-3-2-4-6-7;1-2-7-5-3-4-6-7;1-6-4-2-3-5-6;2*1-5-6(2,3)4;2*1-4-5(2)3/h8-12H,2-7H2,1H3;7-11H,2-6H2,1H3;8H,2-7H2,1H3;2*7H,2-6H2,1H3;6H,2-5H2,1H3;2*5H2,1-4H3;2*5H,4H2,1-3H3/i;;;;;;2D3,3D3,4D3,5D2;2D3,3D3,4D3;2D3,3D3,4D2,5D;2D3,3D3,5D. The van der Waals surface area contributed by atoms with Crippen molar-refractivity contribution in [3.8, 4) is 0 Å². The van der Waals surface area contributed by atoms with E-state index in [4.69, 9.17) is 49.3 Å². The highest BCUT2D eigenvalue weighted by Gasteiger charge is 2.47. The van der Waals surface area contributed by atoms with Gasteiger partial charge in [-0.2, -0.15) is 0 Å². The Labute approximate surface area is 517 Å². The van der Waals surface area contributed by atoms with Crippen LogP contribution in [0.25, 0.3) is 0 Å². The summed E-state index contributed by atoms with van der Waals surface area (Å²) in [7, 11) is 0. The van der Waals surface area contributed by atoms with E-state index in [-0.39, 0.29) is 6.42 Å². The van der Waals surface area contributed by atoms with Gasteiger partial charge >= 0.3 is 0 Å². The van der Waals surface area contributed by atoms with Crippen LogP contribution < -0.4 is 0 Å². The van der Waals surface area contributed by atoms with Gasteiger partial charge in [0.15, 0.2) is 0 Å². The average Bonchev–Trinajstić information content (AvgIpc) is 0.749. The highest BCUT2D eigenvalue weighted by atomic mass is 14.5. The molecule has 0 atom stereocenters. The van der Waals surface area contributed by atoms with Gasteiger partial charge in [-0.1, -0.05) is 298 Å². The summed E-state index contributed by atoms with van der Waals surface area (Å²) < 4.78 is 256. The van der Waals surface area contributed by atoms with Gasteiger partial charge in [-0.05, 0) is 170 Å². The van der Waals surface area contributed by atoms with Gasteiger partial charge < -0.3 is 0 Å². The van der Waals surface area contributed by atoms with E-state index >= 15 is 0 Å². The quantitative estimate of drug-likeness (QED) is 0.257. The fraction of sp³-hybridized carbons (Fsp3) is 1.00. The highest BCUT2D eigenvalue weighted by molar-refractivity contribution is 4.98. The number of rotatable bonds is 5. The van der Waals surface area contributed by atoms with E-state index in [0.29, 0.717) is 6.92 Å². The van der Waals surface area contributed by atoms with Crippen molar-refractivity contribution in [3.63, 3.8) is 0 Å². The molecule has 73 heavy (non-hydrogen) atoms. The lowest BCUT2D eigenvalue weighted by Gasteiger charge is -2.54. The molecule has 0 heterocycles. The lowest BCUT2D eigenvalue weighted by Crippen LogP contribution is -2.44. The van der Waals surface area contributed by atoms with Crippen LogP contribution in [-0.2, 0) is 0 Å². The SMILES string of the molecule is CC1C2CC3CC(C2)CC1C3.CC1CCCC1.CC1CCCCC1.CCC1C2CC3CC(C2)CC1C3.CCC1CCCC1.CCC1CCCCC1.[2H]C([2H])([2H])C(C([2H])([2H])[2H])(C([2H])([2H])[2H])C([2H])([2H])C.[2H]C([2H])([2H])C(CC)(C([2H])([2H])[2H])C([2H])([2H])[2H].[2H]C([2H])([2H])C([2H])(C([2H])([2H])[2H])C([2H])([2H])C.[2H]C([2H])([2H])C([2H])(CC)C([2H])([2H])[2H]. The third-order valence-corrected chi connectivity index (χ3v) is 19.0. The van der Waals surface area contributed by atoms with E-state index in [2.05, 4.69) is 41.5 Å². The van der Waals surface area contributed by atoms with E-state index < -0.39 is 110 Å². The molecule has 0 aromatic heterocycles. The van der Waals surface area contributed by atoms with Crippen LogP contribution in [0.4, 0.5) is 0 Å². The van der Waals surface area contributed by atoms with Crippen molar-refractivity contribution < 1.29 is 49.3 Å². The van der Waals surface area contributed by atoms with E-state index in [0.717, 1.165) is 89.8 Å². The monoisotopic (exact) mass is 1060 g/mol. The predicted molar refractivity (Wildman–Crippen MR) is 336 cm³/mol. The van der Waals surface area contributed by atoms with Crippen LogP contribution in [0.2, 0.25) is 0 Å². The second-order valence-electron chi connectivity index (χ2n) is 25.1.